The maximum Gasteiger partial charge on any atom is 0.336 e. The number of phenols is 1. The third-order valence-corrected chi connectivity index (χ3v) is 2.29. The van der Waals surface area contributed by atoms with Crippen LogP contribution in [-0.2, 0) is 0 Å². The van der Waals surface area contributed by atoms with Crippen LogP contribution in [0.5, 0.6) is 5.75 Å². The zero-order valence-corrected chi connectivity index (χ0v) is 7.77. The summed E-state index contributed by atoms with van der Waals surface area (Å²) in [5.74, 6) is -1.10. The number of carboxylic acids is 1. The minimum absolute atomic E-state index is 0.0735. The number of hydrogen-bond acceptors (Lipinski definition) is 3. The lowest BCUT2D eigenvalue weighted by Gasteiger charge is -2.06. The van der Waals surface area contributed by atoms with Crippen molar-refractivity contribution in [2.45, 2.75) is 0 Å². The number of carboxylic acid groups (broad SMARTS) is 1. The van der Waals surface area contributed by atoms with Crippen LogP contribution in [0, 0.1) is 0 Å². The van der Waals surface area contributed by atoms with Gasteiger partial charge in [0.2, 0.25) is 0 Å². The summed E-state index contributed by atoms with van der Waals surface area (Å²) in [7, 11) is 0. The summed E-state index contributed by atoms with van der Waals surface area (Å²) in [5.41, 5.74) is 5.91. The van der Waals surface area contributed by atoms with E-state index in [1.807, 2.05) is 0 Å². The SMILES string of the molecule is Nc1ccc2c(C(=O)O)cccc2c1O. The highest BCUT2D eigenvalue weighted by Gasteiger charge is 2.11. The Morgan fingerprint density at radius 2 is 1.87 bits per heavy atom. The second-order valence-corrected chi connectivity index (χ2v) is 3.21. The molecule has 0 aliphatic rings. The molecule has 0 radical (unpaired) electrons. The Kier molecular flexibility index (Phi) is 1.97. The molecule has 0 atom stereocenters. The molecule has 4 heteroatoms. The molecule has 0 aromatic heterocycles. The standard InChI is InChI=1S/C11H9NO3/c12-9-5-4-6-7(10(9)13)2-1-3-8(6)11(14)15/h1-5,13H,12H2,(H,14,15). The number of rotatable bonds is 1. The fraction of sp³-hybridized carbons (Fsp3) is 0. The minimum Gasteiger partial charge on any atom is -0.505 e. The van der Waals surface area contributed by atoms with Gasteiger partial charge in [0, 0.05) is 10.8 Å². The normalized spacial score (nSPS) is 10.4. The number of benzene rings is 2. The van der Waals surface area contributed by atoms with E-state index in [0.29, 0.717) is 10.8 Å². The molecule has 15 heavy (non-hydrogen) atoms. The van der Waals surface area contributed by atoms with Crippen LogP contribution in [0.4, 0.5) is 5.69 Å². The van der Waals surface area contributed by atoms with Gasteiger partial charge in [-0.3, -0.25) is 0 Å². The molecule has 0 bridgehead atoms. The molecule has 0 amide bonds. The summed E-state index contributed by atoms with van der Waals surface area (Å²) in [4.78, 5) is 10.9. The molecule has 0 heterocycles. The number of hydrogen-bond donors (Lipinski definition) is 3. The topological polar surface area (TPSA) is 83.6 Å². The Morgan fingerprint density at radius 3 is 2.53 bits per heavy atom. The molecule has 0 aliphatic carbocycles. The fourth-order valence-electron chi connectivity index (χ4n) is 1.55. The number of carbonyl (C=O) groups is 1. The van der Waals surface area contributed by atoms with Crippen molar-refractivity contribution in [2.24, 2.45) is 0 Å². The molecule has 0 aliphatic heterocycles. The van der Waals surface area contributed by atoms with E-state index in [1.54, 1.807) is 18.2 Å². The van der Waals surface area contributed by atoms with Crippen LogP contribution < -0.4 is 5.73 Å². The fourth-order valence-corrected chi connectivity index (χ4v) is 1.55. The number of anilines is 1. The van der Waals surface area contributed by atoms with Gasteiger partial charge in [0.15, 0.2) is 0 Å². The lowest BCUT2D eigenvalue weighted by atomic mass is 10.0. The average molecular weight is 203 g/mol. The van der Waals surface area contributed by atoms with Gasteiger partial charge in [0.05, 0.1) is 11.3 Å². The molecule has 2 aromatic carbocycles. The Labute approximate surface area is 85.6 Å². The summed E-state index contributed by atoms with van der Waals surface area (Å²) in [6, 6.07) is 7.77. The summed E-state index contributed by atoms with van der Waals surface area (Å²) < 4.78 is 0. The quantitative estimate of drug-likeness (QED) is 0.487. The van der Waals surface area contributed by atoms with Crippen molar-refractivity contribution in [3.8, 4) is 5.75 Å². The van der Waals surface area contributed by atoms with Gasteiger partial charge in [0.1, 0.15) is 5.75 Å². The molecular formula is C11H9NO3. The third kappa shape index (κ3) is 1.36. The van der Waals surface area contributed by atoms with Crippen LogP contribution >= 0.6 is 0 Å². The molecule has 2 rings (SSSR count). The smallest absolute Gasteiger partial charge is 0.336 e. The number of aromatic carboxylic acids is 1. The Morgan fingerprint density at radius 1 is 1.13 bits per heavy atom. The average Bonchev–Trinajstić information content (AvgIpc) is 2.23. The second-order valence-electron chi connectivity index (χ2n) is 3.21. The van der Waals surface area contributed by atoms with E-state index in [0.717, 1.165) is 0 Å². The van der Waals surface area contributed by atoms with E-state index >= 15 is 0 Å². The summed E-state index contributed by atoms with van der Waals surface area (Å²) in [5, 5.41) is 19.5. The third-order valence-electron chi connectivity index (χ3n) is 2.29. The molecule has 0 saturated heterocycles. The number of aromatic hydroxyl groups is 1. The molecule has 2 aromatic rings. The Bertz CT molecular complexity index is 549. The van der Waals surface area contributed by atoms with Crippen molar-refractivity contribution in [2.75, 3.05) is 5.73 Å². The van der Waals surface area contributed by atoms with Crippen molar-refractivity contribution in [3.63, 3.8) is 0 Å². The van der Waals surface area contributed by atoms with E-state index < -0.39 is 5.97 Å². The highest BCUT2D eigenvalue weighted by Crippen LogP contribution is 2.32. The van der Waals surface area contributed by atoms with Crippen molar-refractivity contribution in [1.82, 2.24) is 0 Å². The van der Waals surface area contributed by atoms with Gasteiger partial charge < -0.3 is 15.9 Å². The molecule has 0 saturated carbocycles. The maximum absolute atomic E-state index is 10.9. The Balaban J connectivity index is 2.89. The summed E-state index contributed by atoms with van der Waals surface area (Å²) >= 11 is 0. The lowest BCUT2D eigenvalue weighted by molar-refractivity contribution is 0.0699. The number of nitrogen functional groups attached to an aromatic ring is 1. The van der Waals surface area contributed by atoms with Crippen LogP contribution in [0.25, 0.3) is 10.8 Å². The maximum atomic E-state index is 10.9. The van der Waals surface area contributed by atoms with Crippen molar-refractivity contribution < 1.29 is 15.0 Å². The molecule has 0 unspecified atom stereocenters. The van der Waals surface area contributed by atoms with Gasteiger partial charge in [-0.1, -0.05) is 18.2 Å². The van der Waals surface area contributed by atoms with Crippen LogP contribution in [-0.4, -0.2) is 16.2 Å². The van der Waals surface area contributed by atoms with E-state index in [-0.39, 0.29) is 17.0 Å². The van der Waals surface area contributed by atoms with Crippen LogP contribution in [0.2, 0.25) is 0 Å². The first-order valence-electron chi connectivity index (χ1n) is 4.34. The van der Waals surface area contributed by atoms with E-state index in [1.165, 1.54) is 12.1 Å². The highest BCUT2D eigenvalue weighted by molar-refractivity contribution is 6.06. The molecule has 76 valence electrons. The lowest BCUT2D eigenvalue weighted by Crippen LogP contribution is -1.97. The number of nitrogens with two attached hydrogens (primary N) is 1. The van der Waals surface area contributed by atoms with Crippen molar-refractivity contribution in [3.05, 3.63) is 35.9 Å². The predicted molar refractivity (Wildman–Crippen MR) is 57.0 cm³/mol. The monoisotopic (exact) mass is 203 g/mol. The Hall–Kier alpha value is -2.23. The van der Waals surface area contributed by atoms with Crippen LogP contribution in [0.1, 0.15) is 10.4 Å². The number of phenolic OH excluding ortho intramolecular Hbond substituents is 1. The zero-order valence-electron chi connectivity index (χ0n) is 7.77. The molecule has 0 fully saturated rings. The van der Waals surface area contributed by atoms with E-state index in [9.17, 15) is 9.90 Å². The van der Waals surface area contributed by atoms with Crippen molar-refractivity contribution >= 4 is 22.4 Å². The van der Waals surface area contributed by atoms with Gasteiger partial charge in [-0.2, -0.15) is 0 Å². The van der Waals surface area contributed by atoms with Gasteiger partial charge >= 0.3 is 5.97 Å². The van der Waals surface area contributed by atoms with Gasteiger partial charge in [-0.15, -0.1) is 0 Å². The first-order valence-corrected chi connectivity index (χ1v) is 4.34. The van der Waals surface area contributed by atoms with Crippen molar-refractivity contribution in [1.29, 1.82) is 0 Å². The van der Waals surface area contributed by atoms with E-state index in [4.69, 9.17) is 10.8 Å². The van der Waals surface area contributed by atoms with Gasteiger partial charge in [0.25, 0.3) is 0 Å². The molecular weight excluding hydrogens is 194 g/mol. The minimum atomic E-state index is -1.02. The number of fused-ring (bicyclic) bond motifs is 1. The highest BCUT2D eigenvalue weighted by atomic mass is 16.4. The van der Waals surface area contributed by atoms with Crippen LogP contribution in [0.3, 0.4) is 0 Å². The molecule has 4 N–H and O–H groups in total. The van der Waals surface area contributed by atoms with Gasteiger partial charge in [-0.25, -0.2) is 4.79 Å². The van der Waals surface area contributed by atoms with Crippen LogP contribution in [0.15, 0.2) is 30.3 Å². The molecule has 0 spiro atoms. The second kappa shape index (κ2) is 3.16. The molecule has 4 nitrogen and oxygen atoms in total. The first-order chi connectivity index (χ1) is 7.11. The van der Waals surface area contributed by atoms with E-state index in [2.05, 4.69) is 0 Å². The first kappa shape index (κ1) is 9.33. The summed E-state index contributed by atoms with van der Waals surface area (Å²) in [6.45, 7) is 0. The van der Waals surface area contributed by atoms with Gasteiger partial charge in [-0.05, 0) is 12.1 Å². The zero-order chi connectivity index (χ0) is 11.0. The predicted octanol–water partition coefficient (Wildman–Crippen LogP) is 1.83. The summed E-state index contributed by atoms with van der Waals surface area (Å²) in [6.07, 6.45) is 0. The largest absolute Gasteiger partial charge is 0.505 e.